The number of hydrogen-bond donors (Lipinski definition) is 2. The molecule has 0 spiro atoms. The van der Waals surface area contributed by atoms with Crippen molar-refractivity contribution in [3.05, 3.63) is 29.8 Å². The summed E-state index contributed by atoms with van der Waals surface area (Å²) in [6.07, 6.45) is 0.931. The van der Waals surface area contributed by atoms with Gasteiger partial charge in [0.25, 0.3) is 5.91 Å². The van der Waals surface area contributed by atoms with Crippen molar-refractivity contribution in [2.24, 2.45) is 11.3 Å². The predicted molar refractivity (Wildman–Crippen MR) is 95.0 cm³/mol. The first kappa shape index (κ1) is 18.5. The van der Waals surface area contributed by atoms with Gasteiger partial charge in [-0.25, -0.2) is 0 Å². The number of aliphatic hydroxyl groups excluding tert-OH is 1. The van der Waals surface area contributed by atoms with Gasteiger partial charge in [0.1, 0.15) is 0 Å². The first-order chi connectivity index (χ1) is 11.2. The van der Waals surface area contributed by atoms with Crippen LogP contribution in [0.2, 0.25) is 0 Å². The second-order valence-corrected chi connectivity index (χ2v) is 7.56. The monoisotopic (exact) mass is 332 g/mol. The lowest BCUT2D eigenvalue weighted by atomic mass is 9.80. The van der Waals surface area contributed by atoms with Gasteiger partial charge in [-0.15, -0.1) is 0 Å². The Kier molecular flexibility index (Phi) is 5.65. The number of hydrogen-bond acceptors (Lipinski definition) is 3. The first-order valence-electron chi connectivity index (χ1n) is 8.59. The summed E-state index contributed by atoms with van der Waals surface area (Å²) in [6, 6.07) is 7.14. The molecule has 0 bridgehead atoms. The van der Waals surface area contributed by atoms with Crippen LogP contribution in [0.1, 0.15) is 50.9 Å². The SMILES string of the molecule is CC(C)C(O)C(C)(C)CNC(=O)c1cccc(N2CCCC2=O)c1. The van der Waals surface area contributed by atoms with E-state index in [4.69, 9.17) is 0 Å². The Bertz CT molecular complexity index is 610. The fraction of sp³-hybridized carbons (Fsp3) is 0.579. The van der Waals surface area contributed by atoms with Gasteiger partial charge in [0.2, 0.25) is 5.91 Å². The molecule has 1 aliphatic rings. The standard InChI is InChI=1S/C19H28N2O3/c1-13(2)17(23)19(3,4)12-20-18(24)14-7-5-8-15(11-14)21-10-6-9-16(21)22/h5,7-8,11,13,17,23H,6,9-10,12H2,1-4H3,(H,20,24). The molecular formula is C19H28N2O3. The van der Waals surface area contributed by atoms with Gasteiger partial charge < -0.3 is 15.3 Å². The third kappa shape index (κ3) is 4.15. The van der Waals surface area contributed by atoms with Gasteiger partial charge in [-0.1, -0.05) is 33.8 Å². The van der Waals surface area contributed by atoms with E-state index in [-0.39, 0.29) is 17.7 Å². The summed E-state index contributed by atoms with van der Waals surface area (Å²) in [7, 11) is 0. The van der Waals surface area contributed by atoms with Crippen LogP contribution < -0.4 is 10.2 Å². The van der Waals surface area contributed by atoms with Gasteiger partial charge in [0, 0.05) is 36.2 Å². The molecule has 2 amide bonds. The van der Waals surface area contributed by atoms with E-state index in [2.05, 4.69) is 5.32 Å². The topological polar surface area (TPSA) is 69.6 Å². The normalized spacial score (nSPS) is 16.6. The molecule has 0 aliphatic carbocycles. The lowest BCUT2D eigenvalue weighted by molar-refractivity contribution is -0.117. The molecule has 0 saturated carbocycles. The average molecular weight is 332 g/mol. The largest absolute Gasteiger partial charge is 0.392 e. The van der Waals surface area contributed by atoms with Crippen molar-refractivity contribution in [2.75, 3.05) is 18.0 Å². The minimum Gasteiger partial charge on any atom is -0.392 e. The van der Waals surface area contributed by atoms with Gasteiger partial charge in [0.15, 0.2) is 0 Å². The van der Waals surface area contributed by atoms with Gasteiger partial charge in [-0.2, -0.15) is 0 Å². The molecule has 1 aliphatic heterocycles. The minimum atomic E-state index is -0.494. The van der Waals surface area contributed by atoms with Gasteiger partial charge in [0.05, 0.1) is 6.10 Å². The Balaban J connectivity index is 2.04. The quantitative estimate of drug-likeness (QED) is 0.841. The van der Waals surface area contributed by atoms with Crippen LogP contribution in [0.25, 0.3) is 0 Å². The molecule has 1 aromatic carbocycles. The van der Waals surface area contributed by atoms with Crippen molar-refractivity contribution in [1.82, 2.24) is 5.32 Å². The predicted octanol–water partition coefficient (Wildman–Crippen LogP) is 2.59. The molecule has 1 aromatic rings. The van der Waals surface area contributed by atoms with E-state index in [9.17, 15) is 14.7 Å². The van der Waals surface area contributed by atoms with Crippen molar-refractivity contribution in [1.29, 1.82) is 0 Å². The number of anilines is 1. The second kappa shape index (κ2) is 7.34. The highest BCUT2D eigenvalue weighted by atomic mass is 16.3. The van der Waals surface area contributed by atoms with Crippen LogP contribution >= 0.6 is 0 Å². The lowest BCUT2D eigenvalue weighted by Gasteiger charge is -2.33. The number of amides is 2. The Hall–Kier alpha value is -1.88. The molecule has 132 valence electrons. The number of carbonyl (C=O) groups is 2. The van der Waals surface area contributed by atoms with Crippen molar-refractivity contribution in [2.45, 2.75) is 46.6 Å². The Morgan fingerprint density at radius 1 is 1.38 bits per heavy atom. The van der Waals surface area contributed by atoms with Gasteiger partial charge in [-0.05, 0) is 30.5 Å². The third-order valence-electron chi connectivity index (χ3n) is 4.63. The number of aliphatic hydroxyl groups is 1. The highest BCUT2D eigenvalue weighted by Gasteiger charge is 2.30. The van der Waals surface area contributed by atoms with Gasteiger partial charge >= 0.3 is 0 Å². The molecule has 2 N–H and O–H groups in total. The minimum absolute atomic E-state index is 0.105. The van der Waals surface area contributed by atoms with E-state index in [1.54, 1.807) is 23.1 Å². The van der Waals surface area contributed by atoms with Crippen LogP contribution in [-0.2, 0) is 4.79 Å². The molecule has 1 atom stereocenters. The summed E-state index contributed by atoms with van der Waals surface area (Å²) in [5.74, 6) is 0.0442. The number of rotatable bonds is 6. The molecule has 24 heavy (non-hydrogen) atoms. The Morgan fingerprint density at radius 3 is 2.67 bits per heavy atom. The van der Waals surface area contributed by atoms with Crippen LogP contribution in [0.3, 0.4) is 0 Å². The number of nitrogens with zero attached hydrogens (tertiary/aromatic N) is 1. The molecule has 1 saturated heterocycles. The third-order valence-corrected chi connectivity index (χ3v) is 4.63. The molecule has 0 radical (unpaired) electrons. The van der Waals surface area contributed by atoms with Crippen molar-refractivity contribution >= 4 is 17.5 Å². The maximum atomic E-state index is 12.4. The van der Waals surface area contributed by atoms with Crippen molar-refractivity contribution in [3.63, 3.8) is 0 Å². The van der Waals surface area contributed by atoms with Crippen LogP contribution in [0.5, 0.6) is 0 Å². The van der Waals surface area contributed by atoms with E-state index in [1.807, 2.05) is 33.8 Å². The fourth-order valence-corrected chi connectivity index (χ4v) is 3.15. The summed E-state index contributed by atoms with van der Waals surface area (Å²) in [4.78, 5) is 26.0. The Morgan fingerprint density at radius 2 is 2.08 bits per heavy atom. The van der Waals surface area contributed by atoms with Crippen LogP contribution in [0.4, 0.5) is 5.69 Å². The molecular weight excluding hydrogens is 304 g/mol. The van der Waals surface area contributed by atoms with E-state index in [1.165, 1.54) is 0 Å². The smallest absolute Gasteiger partial charge is 0.251 e. The molecule has 2 rings (SSSR count). The highest BCUT2D eigenvalue weighted by Crippen LogP contribution is 2.26. The summed E-state index contributed by atoms with van der Waals surface area (Å²) in [5.41, 5.74) is 0.889. The zero-order valence-electron chi connectivity index (χ0n) is 15.0. The van der Waals surface area contributed by atoms with Crippen LogP contribution in [0, 0.1) is 11.3 Å². The maximum Gasteiger partial charge on any atom is 0.251 e. The molecule has 1 fully saturated rings. The zero-order chi connectivity index (χ0) is 17.9. The summed E-state index contributed by atoms with van der Waals surface area (Å²) in [6.45, 7) is 8.90. The van der Waals surface area contributed by atoms with Crippen molar-refractivity contribution in [3.8, 4) is 0 Å². The summed E-state index contributed by atoms with van der Waals surface area (Å²) >= 11 is 0. The number of benzene rings is 1. The number of nitrogens with one attached hydrogen (secondary N) is 1. The fourth-order valence-electron chi connectivity index (χ4n) is 3.15. The molecule has 0 aromatic heterocycles. The summed E-state index contributed by atoms with van der Waals surface area (Å²) < 4.78 is 0. The molecule has 1 unspecified atom stereocenters. The maximum absolute atomic E-state index is 12.4. The van der Waals surface area contributed by atoms with Crippen molar-refractivity contribution < 1.29 is 14.7 Å². The van der Waals surface area contributed by atoms with E-state index < -0.39 is 11.5 Å². The number of carbonyl (C=O) groups excluding carboxylic acids is 2. The Labute approximate surface area is 144 Å². The lowest BCUT2D eigenvalue weighted by Crippen LogP contribution is -2.43. The van der Waals surface area contributed by atoms with Gasteiger partial charge in [-0.3, -0.25) is 9.59 Å². The van der Waals surface area contributed by atoms with Crippen LogP contribution in [0.15, 0.2) is 24.3 Å². The second-order valence-electron chi connectivity index (χ2n) is 7.56. The van der Waals surface area contributed by atoms with E-state index >= 15 is 0 Å². The first-order valence-corrected chi connectivity index (χ1v) is 8.59. The zero-order valence-corrected chi connectivity index (χ0v) is 15.0. The van der Waals surface area contributed by atoms with Crippen LogP contribution in [-0.4, -0.2) is 36.1 Å². The molecule has 5 nitrogen and oxygen atoms in total. The van der Waals surface area contributed by atoms with E-state index in [0.29, 0.717) is 25.1 Å². The molecule has 1 heterocycles. The molecule has 5 heteroatoms. The summed E-state index contributed by atoms with van der Waals surface area (Å²) in [5, 5.41) is 13.2. The average Bonchev–Trinajstić information content (AvgIpc) is 2.98. The van der Waals surface area contributed by atoms with E-state index in [0.717, 1.165) is 12.1 Å². The highest BCUT2D eigenvalue weighted by molar-refractivity contribution is 5.99.